The Labute approximate surface area is 113 Å². The van der Waals surface area contributed by atoms with Crippen LogP contribution in [0.4, 0.5) is 13.2 Å². The van der Waals surface area contributed by atoms with E-state index >= 15 is 0 Å². The van der Waals surface area contributed by atoms with Crippen LogP contribution in [0.5, 0.6) is 0 Å². The van der Waals surface area contributed by atoms with Gasteiger partial charge in [0.2, 0.25) is 5.91 Å². The quantitative estimate of drug-likeness (QED) is 0.852. The SMILES string of the molecule is O=C(Cn1c(C(F)(F)F)cccc1=O)N1CCNCC1. The maximum atomic E-state index is 12.8. The van der Waals surface area contributed by atoms with Crippen LogP contribution in [-0.2, 0) is 17.5 Å². The third-order valence-electron chi connectivity index (χ3n) is 3.10. The van der Waals surface area contributed by atoms with Gasteiger partial charge >= 0.3 is 6.18 Å². The molecule has 1 aliphatic heterocycles. The molecule has 5 nitrogen and oxygen atoms in total. The minimum absolute atomic E-state index is 0.432. The van der Waals surface area contributed by atoms with Gasteiger partial charge in [-0.25, -0.2) is 0 Å². The van der Waals surface area contributed by atoms with Crippen LogP contribution in [0, 0.1) is 0 Å². The number of nitrogens with one attached hydrogen (secondary N) is 1. The zero-order valence-electron chi connectivity index (χ0n) is 10.6. The molecule has 1 aromatic heterocycles. The van der Waals surface area contributed by atoms with E-state index in [4.69, 9.17) is 0 Å². The molecule has 1 saturated heterocycles. The summed E-state index contributed by atoms with van der Waals surface area (Å²) in [4.78, 5) is 25.0. The third-order valence-corrected chi connectivity index (χ3v) is 3.10. The summed E-state index contributed by atoms with van der Waals surface area (Å²) < 4.78 is 39.0. The molecule has 2 heterocycles. The normalized spacial score (nSPS) is 16.2. The van der Waals surface area contributed by atoms with Crippen molar-refractivity contribution < 1.29 is 18.0 Å². The van der Waals surface area contributed by atoms with Crippen molar-refractivity contribution in [1.82, 2.24) is 14.8 Å². The van der Waals surface area contributed by atoms with Gasteiger partial charge in [-0.05, 0) is 6.07 Å². The molecular formula is C12H14F3N3O2. The van der Waals surface area contributed by atoms with Crippen molar-refractivity contribution in [2.45, 2.75) is 12.7 Å². The van der Waals surface area contributed by atoms with Gasteiger partial charge in [-0.3, -0.25) is 14.2 Å². The minimum Gasteiger partial charge on any atom is -0.339 e. The molecule has 0 spiro atoms. The fourth-order valence-corrected chi connectivity index (χ4v) is 2.08. The van der Waals surface area contributed by atoms with E-state index in [0.29, 0.717) is 30.7 Å². The van der Waals surface area contributed by atoms with E-state index in [0.717, 1.165) is 18.2 Å². The standard InChI is InChI=1S/C12H14F3N3O2/c13-12(14,15)9-2-1-3-10(19)18(9)8-11(20)17-6-4-16-5-7-17/h1-3,16H,4-8H2. The van der Waals surface area contributed by atoms with Gasteiger partial charge in [-0.1, -0.05) is 6.07 Å². The molecule has 1 fully saturated rings. The Morgan fingerprint density at radius 3 is 2.50 bits per heavy atom. The first-order valence-corrected chi connectivity index (χ1v) is 6.15. The lowest BCUT2D eigenvalue weighted by molar-refractivity contribution is -0.145. The highest BCUT2D eigenvalue weighted by Crippen LogP contribution is 2.28. The lowest BCUT2D eigenvalue weighted by Gasteiger charge is -2.28. The van der Waals surface area contributed by atoms with Gasteiger partial charge in [-0.15, -0.1) is 0 Å². The summed E-state index contributed by atoms with van der Waals surface area (Å²) in [5, 5.41) is 3.04. The van der Waals surface area contributed by atoms with Crippen LogP contribution in [0.25, 0.3) is 0 Å². The van der Waals surface area contributed by atoms with Crippen LogP contribution in [0.3, 0.4) is 0 Å². The Morgan fingerprint density at radius 1 is 1.25 bits per heavy atom. The molecule has 0 bridgehead atoms. The fourth-order valence-electron chi connectivity index (χ4n) is 2.08. The predicted octanol–water partition coefficient (Wildman–Crippen LogP) is 0.299. The molecule has 2 rings (SSSR count). The van der Waals surface area contributed by atoms with Crippen molar-refractivity contribution in [2.24, 2.45) is 0 Å². The summed E-state index contributed by atoms with van der Waals surface area (Å²) in [5.41, 5.74) is -1.93. The lowest BCUT2D eigenvalue weighted by atomic mass is 10.3. The Hall–Kier alpha value is -1.83. The van der Waals surface area contributed by atoms with Crippen molar-refractivity contribution in [3.63, 3.8) is 0 Å². The Balaban J connectivity index is 2.24. The monoisotopic (exact) mass is 289 g/mol. The van der Waals surface area contributed by atoms with Gasteiger partial charge in [0.15, 0.2) is 0 Å². The van der Waals surface area contributed by atoms with Gasteiger partial charge in [0.1, 0.15) is 12.2 Å². The van der Waals surface area contributed by atoms with Gasteiger partial charge in [0, 0.05) is 32.2 Å². The van der Waals surface area contributed by atoms with Crippen molar-refractivity contribution in [2.75, 3.05) is 26.2 Å². The van der Waals surface area contributed by atoms with Crippen molar-refractivity contribution in [1.29, 1.82) is 0 Å². The summed E-state index contributed by atoms with van der Waals surface area (Å²) >= 11 is 0. The van der Waals surface area contributed by atoms with Crippen LogP contribution in [-0.4, -0.2) is 41.6 Å². The largest absolute Gasteiger partial charge is 0.431 e. The fraction of sp³-hybridized carbons (Fsp3) is 0.500. The Morgan fingerprint density at radius 2 is 1.90 bits per heavy atom. The summed E-state index contributed by atoms with van der Waals surface area (Å²) in [6.07, 6.45) is -4.66. The number of carbonyl (C=O) groups is 1. The minimum atomic E-state index is -4.66. The number of hydrogen-bond acceptors (Lipinski definition) is 3. The number of piperazine rings is 1. The smallest absolute Gasteiger partial charge is 0.339 e. The molecule has 0 saturated carbocycles. The van der Waals surface area contributed by atoms with Gasteiger partial charge in [0.05, 0.1) is 0 Å². The molecule has 110 valence electrons. The molecule has 8 heteroatoms. The van der Waals surface area contributed by atoms with E-state index in [-0.39, 0.29) is 0 Å². The van der Waals surface area contributed by atoms with Crippen molar-refractivity contribution in [3.8, 4) is 0 Å². The summed E-state index contributed by atoms with van der Waals surface area (Å²) in [6.45, 7) is 1.47. The predicted molar refractivity (Wildman–Crippen MR) is 65.2 cm³/mol. The molecule has 20 heavy (non-hydrogen) atoms. The van der Waals surface area contributed by atoms with Crippen LogP contribution in [0.1, 0.15) is 5.69 Å². The van der Waals surface area contributed by atoms with Gasteiger partial charge in [-0.2, -0.15) is 13.2 Å². The van der Waals surface area contributed by atoms with Gasteiger partial charge < -0.3 is 10.2 Å². The first kappa shape index (κ1) is 14.6. The number of aromatic nitrogens is 1. The Kier molecular flexibility index (Phi) is 4.12. The van der Waals surface area contributed by atoms with E-state index in [2.05, 4.69) is 5.32 Å². The topological polar surface area (TPSA) is 54.3 Å². The van der Waals surface area contributed by atoms with E-state index in [1.54, 1.807) is 0 Å². The number of pyridine rings is 1. The second kappa shape index (κ2) is 5.66. The number of carbonyl (C=O) groups excluding carboxylic acids is 1. The molecule has 1 aliphatic rings. The number of rotatable bonds is 2. The molecule has 1 aromatic rings. The van der Waals surface area contributed by atoms with E-state index < -0.39 is 29.9 Å². The van der Waals surface area contributed by atoms with Gasteiger partial charge in [0.25, 0.3) is 5.56 Å². The zero-order valence-corrected chi connectivity index (χ0v) is 10.6. The van der Waals surface area contributed by atoms with Crippen molar-refractivity contribution >= 4 is 5.91 Å². The highest BCUT2D eigenvalue weighted by molar-refractivity contribution is 5.76. The Bertz CT molecular complexity index is 548. The molecule has 0 aliphatic carbocycles. The number of nitrogens with zero attached hydrogens (tertiary/aromatic N) is 2. The first-order chi connectivity index (χ1) is 9.39. The molecule has 0 radical (unpaired) electrons. The molecule has 1 N–H and O–H groups in total. The number of amides is 1. The van der Waals surface area contributed by atoms with Crippen LogP contribution >= 0.6 is 0 Å². The summed E-state index contributed by atoms with van der Waals surface area (Å²) in [6, 6.07) is 2.85. The molecule has 0 aromatic carbocycles. The molecular weight excluding hydrogens is 275 g/mol. The number of halogens is 3. The molecule has 1 amide bonds. The zero-order chi connectivity index (χ0) is 14.8. The summed E-state index contributed by atoms with van der Waals surface area (Å²) in [7, 11) is 0. The average molecular weight is 289 g/mol. The first-order valence-electron chi connectivity index (χ1n) is 6.15. The molecule has 0 unspecified atom stereocenters. The summed E-state index contributed by atoms with van der Waals surface area (Å²) in [5.74, 6) is -0.481. The maximum absolute atomic E-state index is 12.8. The average Bonchev–Trinajstić information content (AvgIpc) is 2.40. The van der Waals surface area contributed by atoms with Crippen LogP contribution in [0.15, 0.2) is 23.0 Å². The maximum Gasteiger partial charge on any atom is 0.431 e. The van der Waals surface area contributed by atoms with E-state index in [1.165, 1.54) is 4.90 Å². The third kappa shape index (κ3) is 3.19. The van der Waals surface area contributed by atoms with Crippen molar-refractivity contribution in [3.05, 3.63) is 34.2 Å². The second-order valence-corrected chi connectivity index (χ2v) is 4.46. The second-order valence-electron chi connectivity index (χ2n) is 4.46. The van der Waals surface area contributed by atoms with Crippen LogP contribution in [0.2, 0.25) is 0 Å². The molecule has 0 atom stereocenters. The highest BCUT2D eigenvalue weighted by Gasteiger charge is 2.34. The van der Waals surface area contributed by atoms with E-state index in [1.807, 2.05) is 0 Å². The van der Waals surface area contributed by atoms with Crippen LogP contribution < -0.4 is 10.9 Å². The highest BCUT2D eigenvalue weighted by atomic mass is 19.4. The lowest BCUT2D eigenvalue weighted by Crippen LogP contribution is -2.48. The number of alkyl halides is 3. The van der Waals surface area contributed by atoms with E-state index in [9.17, 15) is 22.8 Å². The number of hydrogen-bond donors (Lipinski definition) is 1.